The topological polar surface area (TPSA) is 58.3 Å². The highest BCUT2D eigenvalue weighted by Gasteiger charge is 2.32. The zero-order valence-corrected chi connectivity index (χ0v) is 12.2. The second kappa shape index (κ2) is 5.83. The maximum atomic E-state index is 12.3. The number of rotatable bonds is 4. The van der Waals surface area contributed by atoms with Crippen molar-refractivity contribution in [3.63, 3.8) is 0 Å². The van der Waals surface area contributed by atoms with E-state index in [1.165, 1.54) is 0 Å². The fourth-order valence-electron chi connectivity index (χ4n) is 2.71. The van der Waals surface area contributed by atoms with Crippen LogP contribution in [0, 0.1) is 0 Å². The zero-order valence-electron chi connectivity index (χ0n) is 12.2. The maximum Gasteiger partial charge on any atom is 0.261 e. The summed E-state index contributed by atoms with van der Waals surface area (Å²) in [6.45, 7) is 3.75. The lowest BCUT2D eigenvalue weighted by Crippen LogP contribution is -2.27. The quantitative estimate of drug-likeness (QED) is 0.849. The molecule has 0 unspecified atom stereocenters. The van der Waals surface area contributed by atoms with E-state index in [1.54, 1.807) is 30.1 Å². The molecule has 0 N–H and O–H groups in total. The van der Waals surface area contributed by atoms with E-state index in [0.29, 0.717) is 31.2 Å². The van der Waals surface area contributed by atoms with Gasteiger partial charge in [-0.1, -0.05) is 0 Å². The van der Waals surface area contributed by atoms with Crippen molar-refractivity contribution in [2.24, 2.45) is 7.05 Å². The molecule has 1 saturated heterocycles. The highest BCUT2D eigenvalue weighted by atomic mass is 16.5. The molecular formula is C15H19N3O3. The largest absolute Gasteiger partial charge is 0.376 e. The second-order valence-corrected chi connectivity index (χ2v) is 5.09. The highest BCUT2D eigenvalue weighted by molar-refractivity contribution is 5.54. The molecule has 1 aliphatic rings. The van der Waals surface area contributed by atoms with E-state index in [-0.39, 0.29) is 17.7 Å². The summed E-state index contributed by atoms with van der Waals surface area (Å²) in [5, 5.41) is 0. The normalized spacial score (nSPS) is 21.8. The average molecular weight is 289 g/mol. The SMILES string of the molecule is CCO[C@H]1COC[C@@H]1n1ccnc1-c1cccn(C)c1=O. The van der Waals surface area contributed by atoms with Gasteiger partial charge in [0.1, 0.15) is 11.9 Å². The van der Waals surface area contributed by atoms with Crippen molar-refractivity contribution in [2.75, 3.05) is 19.8 Å². The number of pyridine rings is 1. The van der Waals surface area contributed by atoms with Crippen molar-refractivity contribution in [1.82, 2.24) is 14.1 Å². The van der Waals surface area contributed by atoms with Gasteiger partial charge < -0.3 is 18.6 Å². The third-order valence-electron chi connectivity index (χ3n) is 3.77. The Morgan fingerprint density at radius 2 is 2.29 bits per heavy atom. The lowest BCUT2D eigenvalue weighted by atomic mass is 10.2. The van der Waals surface area contributed by atoms with Gasteiger partial charge >= 0.3 is 0 Å². The first-order chi connectivity index (χ1) is 10.2. The second-order valence-electron chi connectivity index (χ2n) is 5.09. The molecule has 2 aromatic heterocycles. The van der Waals surface area contributed by atoms with E-state index in [4.69, 9.17) is 9.47 Å². The number of aryl methyl sites for hydroxylation is 1. The Morgan fingerprint density at radius 1 is 1.43 bits per heavy atom. The molecule has 1 aliphatic heterocycles. The van der Waals surface area contributed by atoms with Gasteiger partial charge in [-0.05, 0) is 19.1 Å². The van der Waals surface area contributed by atoms with Crippen LogP contribution in [0.25, 0.3) is 11.4 Å². The summed E-state index contributed by atoms with van der Waals surface area (Å²) in [6.07, 6.45) is 5.33. The summed E-state index contributed by atoms with van der Waals surface area (Å²) in [7, 11) is 1.74. The van der Waals surface area contributed by atoms with Crippen LogP contribution >= 0.6 is 0 Å². The van der Waals surface area contributed by atoms with Gasteiger partial charge in [0.05, 0.1) is 24.8 Å². The van der Waals surface area contributed by atoms with Crippen LogP contribution in [-0.2, 0) is 16.5 Å². The molecule has 0 spiro atoms. The Kier molecular flexibility index (Phi) is 3.90. The molecule has 21 heavy (non-hydrogen) atoms. The molecule has 0 bridgehead atoms. The molecule has 0 radical (unpaired) electrons. The number of imidazole rings is 1. The van der Waals surface area contributed by atoms with Crippen LogP contribution in [0.2, 0.25) is 0 Å². The van der Waals surface area contributed by atoms with Crippen molar-refractivity contribution < 1.29 is 9.47 Å². The molecule has 0 saturated carbocycles. The van der Waals surface area contributed by atoms with Crippen molar-refractivity contribution in [2.45, 2.75) is 19.1 Å². The van der Waals surface area contributed by atoms with Gasteiger partial charge in [-0.2, -0.15) is 0 Å². The standard InChI is InChI=1S/C15H19N3O3/c1-3-21-13-10-20-9-12(13)18-8-6-16-14(18)11-5-4-7-17(2)15(11)19/h4-8,12-13H,3,9-10H2,1-2H3/t12-,13-/m0/s1. The van der Waals surface area contributed by atoms with Crippen LogP contribution in [0.3, 0.4) is 0 Å². The minimum Gasteiger partial charge on any atom is -0.376 e. The van der Waals surface area contributed by atoms with Crippen molar-refractivity contribution in [1.29, 1.82) is 0 Å². The van der Waals surface area contributed by atoms with Gasteiger partial charge in [0, 0.05) is 32.2 Å². The third kappa shape index (κ3) is 2.52. The Bertz CT molecular complexity index is 677. The van der Waals surface area contributed by atoms with E-state index in [0.717, 1.165) is 0 Å². The zero-order chi connectivity index (χ0) is 14.8. The first-order valence-corrected chi connectivity index (χ1v) is 7.10. The molecule has 3 heterocycles. The van der Waals surface area contributed by atoms with Crippen LogP contribution in [0.4, 0.5) is 0 Å². The van der Waals surface area contributed by atoms with Crippen LogP contribution < -0.4 is 5.56 Å². The molecule has 2 atom stereocenters. The van der Waals surface area contributed by atoms with E-state index in [1.807, 2.05) is 23.8 Å². The smallest absolute Gasteiger partial charge is 0.261 e. The van der Waals surface area contributed by atoms with E-state index >= 15 is 0 Å². The molecule has 1 fully saturated rings. The minimum atomic E-state index is -0.0585. The highest BCUT2D eigenvalue weighted by Crippen LogP contribution is 2.27. The predicted molar refractivity (Wildman–Crippen MR) is 78.2 cm³/mol. The number of nitrogens with zero attached hydrogens (tertiary/aromatic N) is 3. The maximum absolute atomic E-state index is 12.3. The molecule has 3 rings (SSSR count). The molecule has 0 amide bonds. The monoisotopic (exact) mass is 289 g/mol. The first kappa shape index (κ1) is 14.0. The van der Waals surface area contributed by atoms with Gasteiger partial charge in [-0.15, -0.1) is 0 Å². The van der Waals surface area contributed by atoms with Gasteiger partial charge in [0.15, 0.2) is 0 Å². The van der Waals surface area contributed by atoms with Gasteiger partial charge in [0.2, 0.25) is 0 Å². The summed E-state index contributed by atoms with van der Waals surface area (Å²) < 4.78 is 14.8. The van der Waals surface area contributed by atoms with Crippen LogP contribution in [-0.4, -0.2) is 40.0 Å². The fraction of sp³-hybridized carbons (Fsp3) is 0.467. The molecule has 6 heteroatoms. The fourth-order valence-corrected chi connectivity index (χ4v) is 2.71. The van der Waals surface area contributed by atoms with Gasteiger partial charge in [0.25, 0.3) is 5.56 Å². The molecule has 0 aliphatic carbocycles. The average Bonchev–Trinajstić information content (AvgIpc) is 3.10. The number of hydrogen-bond acceptors (Lipinski definition) is 4. The molecule has 2 aromatic rings. The summed E-state index contributed by atoms with van der Waals surface area (Å²) in [5.41, 5.74) is 0.531. The van der Waals surface area contributed by atoms with E-state index in [9.17, 15) is 4.79 Å². The van der Waals surface area contributed by atoms with Crippen LogP contribution in [0.1, 0.15) is 13.0 Å². The van der Waals surface area contributed by atoms with Crippen molar-refractivity contribution >= 4 is 0 Å². The van der Waals surface area contributed by atoms with Crippen molar-refractivity contribution in [3.8, 4) is 11.4 Å². The van der Waals surface area contributed by atoms with E-state index < -0.39 is 0 Å². The summed E-state index contributed by atoms with van der Waals surface area (Å²) in [6, 6.07) is 3.69. The Morgan fingerprint density at radius 3 is 3.10 bits per heavy atom. The lowest BCUT2D eigenvalue weighted by molar-refractivity contribution is 0.0364. The molecule has 112 valence electrons. The van der Waals surface area contributed by atoms with E-state index in [2.05, 4.69) is 4.98 Å². The third-order valence-corrected chi connectivity index (χ3v) is 3.77. The van der Waals surface area contributed by atoms with Gasteiger partial charge in [-0.25, -0.2) is 4.98 Å². The van der Waals surface area contributed by atoms with Crippen LogP contribution in [0.5, 0.6) is 0 Å². The number of hydrogen-bond donors (Lipinski definition) is 0. The van der Waals surface area contributed by atoms with Crippen LogP contribution in [0.15, 0.2) is 35.5 Å². The van der Waals surface area contributed by atoms with Gasteiger partial charge in [-0.3, -0.25) is 4.79 Å². The summed E-state index contributed by atoms with van der Waals surface area (Å²) >= 11 is 0. The summed E-state index contributed by atoms with van der Waals surface area (Å²) in [4.78, 5) is 16.7. The first-order valence-electron chi connectivity index (χ1n) is 7.10. The molecular weight excluding hydrogens is 270 g/mol. The Balaban J connectivity index is 2.01. The molecule has 0 aromatic carbocycles. The number of aromatic nitrogens is 3. The Labute approximate surface area is 122 Å². The molecule has 6 nitrogen and oxygen atoms in total. The lowest BCUT2D eigenvalue weighted by Gasteiger charge is -2.20. The number of ether oxygens (including phenoxy) is 2. The van der Waals surface area contributed by atoms with Crippen molar-refractivity contribution in [3.05, 3.63) is 41.1 Å². The predicted octanol–water partition coefficient (Wildman–Crippen LogP) is 1.23. The minimum absolute atomic E-state index is 0.00415. The summed E-state index contributed by atoms with van der Waals surface area (Å²) in [5.74, 6) is 0.663. The Hall–Kier alpha value is -1.92.